The van der Waals surface area contributed by atoms with Crippen LogP contribution in [0.1, 0.15) is 61.0 Å². The van der Waals surface area contributed by atoms with Crippen LogP contribution < -0.4 is 16.0 Å². The number of esters is 1. The number of anilines is 1. The molecular weight excluding hydrogens is 717 g/mol. The summed E-state index contributed by atoms with van der Waals surface area (Å²) < 4.78 is 11.6. The van der Waals surface area contributed by atoms with Crippen molar-refractivity contribution in [1.29, 1.82) is 0 Å². The first-order chi connectivity index (χ1) is 25.4. The van der Waals surface area contributed by atoms with Gasteiger partial charge in [0.2, 0.25) is 16.9 Å². The summed E-state index contributed by atoms with van der Waals surface area (Å²) in [6.45, 7) is 6.88. The number of thioether (sulfide) groups is 1. The molecule has 3 aromatic carbocycles. The molecule has 1 saturated heterocycles. The molecule has 0 spiro atoms. The number of carbonyl (C=O) groups excluding carboxylic acids is 5. The predicted octanol–water partition coefficient (Wildman–Crippen LogP) is 5.43. The minimum Gasteiger partial charge on any atom is -0.448 e. The summed E-state index contributed by atoms with van der Waals surface area (Å²) in [4.78, 5) is 69.4. The minimum absolute atomic E-state index is 0.0591. The molecule has 53 heavy (non-hydrogen) atoms. The van der Waals surface area contributed by atoms with Crippen LogP contribution in [0.25, 0.3) is 0 Å². The van der Waals surface area contributed by atoms with Crippen LogP contribution in [-0.4, -0.2) is 67.7 Å². The first-order valence-electron chi connectivity index (χ1n) is 16.8. The van der Waals surface area contributed by atoms with Crippen molar-refractivity contribution in [2.45, 2.75) is 63.3 Å². The summed E-state index contributed by atoms with van der Waals surface area (Å²) in [5.74, 6) is -2.26. The van der Waals surface area contributed by atoms with E-state index in [1.165, 1.54) is 28.0 Å². The molecule has 13 nitrogen and oxygen atoms in total. The van der Waals surface area contributed by atoms with Gasteiger partial charge in [0.05, 0.1) is 6.42 Å². The molecule has 3 N–H and O–H groups in total. The summed E-state index contributed by atoms with van der Waals surface area (Å²) in [5, 5.41) is 16.3. The number of benzene rings is 3. The van der Waals surface area contributed by atoms with Crippen molar-refractivity contribution in [3.8, 4) is 0 Å². The molecular formula is C38H38N6O7S2. The van der Waals surface area contributed by atoms with E-state index in [0.717, 1.165) is 0 Å². The fraction of sp³-hybridized carbons (Fsp3) is 0.289. The van der Waals surface area contributed by atoms with E-state index >= 15 is 0 Å². The number of fused-ring (bicyclic) bond motifs is 1. The molecule has 4 aromatic rings. The van der Waals surface area contributed by atoms with Crippen molar-refractivity contribution in [1.82, 2.24) is 25.7 Å². The number of aromatic nitrogens is 2. The van der Waals surface area contributed by atoms with Gasteiger partial charge in [-0.15, -0.1) is 22.0 Å². The van der Waals surface area contributed by atoms with E-state index in [4.69, 9.17) is 9.47 Å². The number of nitrogens with zero attached hydrogens (tertiary/aromatic N) is 3. The Morgan fingerprint density at radius 3 is 2.02 bits per heavy atom. The molecule has 4 amide bonds. The lowest BCUT2D eigenvalue weighted by Crippen LogP contribution is -2.71. The maximum absolute atomic E-state index is 14.3. The number of ether oxygens (including phenoxy) is 2. The summed E-state index contributed by atoms with van der Waals surface area (Å²) in [5.41, 5.74) is 1.41. The molecule has 0 bridgehead atoms. The first kappa shape index (κ1) is 37.2. The quantitative estimate of drug-likeness (QED) is 0.133. The van der Waals surface area contributed by atoms with E-state index in [-0.39, 0.29) is 17.9 Å². The highest BCUT2D eigenvalue weighted by Crippen LogP contribution is 2.43. The lowest BCUT2D eigenvalue weighted by Gasteiger charge is -2.50. The van der Waals surface area contributed by atoms with E-state index in [1.807, 2.05) is 60.7 Å². The number of rotatable bonds is 11. The third kappa shape index (κ3) is 8.92. The zero-order chi connectivity index (χ0) is 37.7. The first-order valence-corrected chi connectivity index (χ1v) is 18.7. The second kappa shape index (κ2) is 16.0. The summed E-state index contributed by atoms with van der Waals surface area (Å²) >= 11 is 2.50. The SMILES string of the molecule is Cc1nnc(NC(=O)CC2=C(C(=O)OC(c3ccccc3)c3ccccc3)N3C(=O)[C@@H](NC(=O)C(NC(=O)OC(C)(C)C)c4ccccc4)[C@@H]3SC2)s1. The molecule has 274 valence electrons. The number of amides is 4. The van der Waals surface area contributed by atoms with Crippen LogP contribution in [0, 0.1) is 6.92 Å². The zero-order valence-electron chi connectivity index (χ0n) is 29.4. The van der Waals surface area contributed by atoms with Crippen molar-refractivity contribution >= 4 is 58.0 Å². The largest absolute Gasteiger partial charge is 0.448 e. The minimum atomic E-state index is -1.18. The molecule has 0 saturated carbocycles. The molecule has 3 atom stereocenters. The lowest BCUT2D eigenvalue weighted by atomic mass is 9.99. The Bertz CT molecular complexity index is 1980. The predicted molar refractivity (Wildman–Crippen MR) is 199 cm³/mol. The molecule has 0 aliphatic carbocycles. The number of hydrogen-bond acceptors (Lipinski definition) is 11. The second-order valence-electron chi connectivity index (χ2n) is 13.3. The Morgan fingerprint density at radius 1 is 0.887 bits per heavy atom. The smallest absolute Gasteiger partial charge is 0.408 e. The van der Waals surface area contributed by atoms with Crippen molar-refractivity contribution in [3.63, 3.8) is 0 Å². The van der Waals surface area contributed by atoms with Gasteiger partial charge in [0.25, 0.3) is 5.91 Å². The number of β-lactam (4-membered cyclic amide) rings is 1. The van der Waals surface area contributed by atoms with Crippen LogP contribution in [0.5, 0.6) is 0 Å². The maximum atomic E-state index is 14.3. The van der Waals surface area contributed by atoms with Crippen LogP contribution in [-0.2, 0) is 28.7 Å². The summed E-state index contributed by atoms with van der Waals surface area (Å²) in [6, 6.07) is 24.8. The molecule has 2 aliphatic rings. The van der Waals surface area contributed by atoms with Gasteiger partial charge in [0, 0.05) is 5.75 Å². The van der Waals surface area contributed by atoms with Crippen molar-refractivity contribution in [2.24, 2.45) is 0 Å². The molecule has 2 aliphatic heterocycles. The molecule has 6 rings (SSSR count). The van der Waals surface area contributed by atoms with Gasteiger partial charge < -0.3 is 25.4 Å². The average molecular weight is 755 g/mol. The number of alkyl carbamates (subject to hydrolysis) is 1. The molecule has 0 radical (unpaired) electrons. The van der Waals surface area contributed by atoms with Gasteiger partial charge >= 0.3 is 12.1 Å². The van der Waals surface area contributed by atoms with Crippen molar-refractivity contribution in [2.75, 3.05) is 11.1 Å². The average Bonchev–Trinajstić information content (AvgIpc) is 3.55. The molecule has 1 unspecified atom stereocenters. The molecule has 1 aromatic heterocycles. The Hall–Kier alpha value is -5.54. The fourth-order valence-electron chi connectivity index (χ4n) is 5.87. The Labute approximate surface area is 314 Å². The van der Waals surface area contributed by atoms with Crippen molar-refractivity contribution < 1.29 is 33.4 Å². The van der Waals surface area contributed by atoms with Crippen LogP contribution in [0.2, 0.25) is 0 Å². The number of carbonyl (C=O) groups is 5. The van der Waals surface area contributed by atoms with Crippen LogP contribution in [0.15, 0.2) is 102 Å². The molecule has 3 heterocycles. The van der Waals surface area contributed by atoms with Crippen LogP contribution >= 0.6 is 23.1 Å². The topological polar surface area (TPSA) is 169 Å². The van der Waals surface area contributed by atoms with Gasteiger partial charge in [0.15, 0.2) is 6.10 Å². The Balaban J connectivity index is 1.27. The number of aryl methyl sites for hydroxylation is 1. The lowest BCUT2D eigenvalue weighted by molar-refractivity contribution is -0.155. The zero-order valence-corrected chi connectivity index (χ0v) is 31.0. The van der Waals surface area contributed by atoms with E-state index in [2.05, 4.69) is 26.1 Å². The normalized spacial score (nSPS) is 17.3. The number of nitrogens with one attached hydrogen (secondary N) is 3. The van der Waals surface area contributed by atoms with Crippen LogP contribution in [0.3, 0.4) is 0 Å². The van der Waals surface area contributed by atoms with Gasteiger partial charge in [-0.3, -0.25) is 19.3 Å². The standard InChI is InChI=1S/C38H38N6O7S2/c1-22-42-43-36(53-22)39-27(45)20-26-21-52-34-29(40-32(46)28(23-14-8-5-9-15-23)41-37(49)51-38(2,3)4)33(47)44(34)30(26)35(48)50-31(24-16-10-6-11-17-24)25-18-12-7-13-19-25/h5-19,28-29,31,34H,20-21H2,1-4H3,(H,40,46)(H,41,49)(H,39,43,45)/t28?,29-,34+/m1/s1. The van der Waals surface area contributed by atoms with E-state index in [9.17, 15) is 24.0 Å². The second-order valence-corrected chi connectivity index (χ2v) is 15.6. The third-order valence-corrected chi connectivity index (χ3v) is 10.3. The van der Waals surface area contributed by atoms with Crippen LogP contribution in [0.4, 0.5) is 9.93 Å². The highest BCUT2D eigenvalue weighted by atomic mass is 32.2. The summed E-state index contributed by atoms with van der Waals surface area (Å²) in [7, 11) is 0. The summed E-state index contributed by atoms with van der Waals surface area (Å²) in [6.07, 6.45) is -1.84. The Kier molecular flexibility index (Phi) is 11.2. The van der Waals surface area contributed by atoms with Gasteiger partial charge in [-0.05, 0) is 50.0 Å². The van der Waals surface area contributed by atoms with E-state index < -0.39 is 58.9 Å². The number of hydrogen-bond donors (Lipinski definition) is 3. The highest BCUT2D eigenvalue weighted by Gasteiger charge is 2.55. The monoisotopic (exact) mass is 754 g/mol. The molecule has 1 fully saturated rings. The molecule has 15 heteroatoms. The van der Waals surface area contributed by atoms with E-state index in [1.54, 1.807) is 58.0 Å². The van der Waals surface area contributed by atoms with Gasteiger partial charge in [0.1, 0.15) is 33.8 Å². The van der Waals surface area contributed by atoms with Gasteiger partial charge in [-0.25, -0.2) is 9.59 Å². The Morgan fingerprint density at radius 2 is 1.47 bits per heavy atom. The maximum Gasteiger partial charge on any atom is 0.408 e. The van der Waals surface area contributed by atoms with Gasteiger partial charge in [-0.2, -0.15) is 0 Å². The van der Waals surface area contributed by atoms with Gasteiger partial charge in [-0.1, -0.05) is 102 Å². The van der Waals surface area contributed by atoms with E-state index in [0.29, 0.717) is 32.4 Å². The van der Waals surface area contributed by atoms with Crippen molar-refractivity contribution in [3.05, 3.63) is 124 Å². The highest BCUT2D eigenvalue weighted by molar-refractivity contribution is 8.00. The fourth-order valence-corrected chi connectivity index (χ4v) is 7.82. The third-order valence-electron chi connectivity index (χ3n) is 8.17.